The van der Waals surface area contributed by atoms with Gasteiger partial charge in [-0.3, -0.25) is 0 Å². The van der Waals surface area contributed by atoms with Gasteiger partial charge in [0.1, 0.15) is 11.0 Å². The van der Waals surface area contributed by atoms with Crippen molar-refractivity contribution >= 4 is 11.0 Å². The molecule has 4 heteroatoms. The Kier molecular flexibility index (Phi) is 2.98. The van der Waals surface area contributed by atoms with Gasteiger partial charge in [0.2, 0.25) is 0 Å². The molecule has 19 heavy (non-hydrogen) atoms. The summed E-state index contributed by atoms with van der Waals surface area (Å²) in [6, 6.07) is 14.0. The van der Waals surface area contributed by atoms with Crippen LogP contribution in [0.1, 0.15) is 5.56 Å². The van der Waals surface area contributed by atoms with Crippen LogP contribution in [0.4, 0.5) is 0 Å². The molecular formula is C15H13N3O. The Bertz CT molecular complexity index is 731. The van der Waals surface area contributed by atoms with Gasteiger partial charge in [0, 0.05) is 5.56 Å². The molecule has 0 bridgehead atoms. The highest BCUT2D eigenvalue weighted by Crippen LogP contribution is 2.29. The third-order valence-corrected chi connectivity index (χ3v) is 3.10. The van der Waals surface area contributed by atoms with E-state index < -0.39 is 0 Å². The first-order chi connectivity index (χ1) is 9.40. The number of allylic oxidation sites excluding steroid dienone is 1. The first-order valence-electron chi connectivity index (χ1n) is 6.07. The van der Waals surface area contributed by atoms with E-state index in [2.05, 4.69) is 21.5 Å². The molecule has 2 N–H and O–H groups in total. The number of rotatable bonds is 3. The van der Waals surface area contributed by atoms with E-state index in [1.807, 2.05) is 36.4 Å². The van der Waals surface area contributed by atoms with Crippen molar-refractivity contribution in [3.05, 3.63) is 60.4 Å². The molecule has 0 aliphatic heterocycles. The summed E-state index contributed by atoms with van der Waals surface area (Å²) in [6.45, 7) is 0. The Balaban J connectivity index is 2.18. The second kappa shape index (κ2) is 4.94. The molecule has 2 aromatic carbocycles. The minimum atomic E-state index is 0.681. The van der Waals surface area contributed by atoms with Crippen LogP contribution in [-0.4, -0.2) is 20.5 Å². The minimum absolute atomic E-state index is 0.681. The quantitative estimate of drug-likeness (QED) is 0.702. The largest absolute Gasteiger partial charge is 0.516 e. The molecule has 3 aromatic rings. The normalized spacial score (nSPS) is 11.4. The number of aromatic nitrogens is 3. The van der Waals surface area contributed by atoms with Crippen molar-refractivity contribution in [2.75, 3.05) is 0 Å². The number of benzene rings is 2. The number of H-pyrrole nitrogens is 1. The van der Waals surface area contributed by atoms with Crippen LogP contribution in [0.5, 0.6) is 0 Å². The van der Waals surface area contributed by atoms with Crippen molar-refractivity contribution in [2.24, 2.45) is 0 Å². The lowest BCUT2D eigenvalue weighted by molar-refractivity contribution is 0.471. The van der Waals surface area contributed by atoms with Gasteiger partial charge in [-0.15, -0.1) is 0 Å². The van der Waals surface area contributed by atoms with Crippen molar-refractivity contribution in [1.29, 1.82) is 0 Å². The van der Waals surface area contributed by atoms with Crippen LogP contribution in [-0.2, 0) is 6.42 Å². The number of nitrogens with one attached hydrogen (secondary N) is 1. The maximum Gasteiger partial charge on any atom is 0.120 e. The second-order valence-corrected chi connectivity index (χ2v) is 4.24. The third kappa shape index (κ3) is 2.08. The average molecular weight is 251 g/mol. The van der Waals surface area contributed by atoms with Gasteiger partial charge in [0.25, 0.3) is 0 Å². The number of hydrogen-bond acceptors (Lipinski definition) is 3. The summed E-state index contributed by atoms with van der Waals surface area (Å²) >= 11 is 0. The van der Waals surface area contributed by atoms with Gasteiger partial charge < -0.3 is 5.11 Å². The highest BCUT2D eigenvalue weighted by molar-refractivity contribution is 5.92. The molecular weight excluding hydrogens is 238 g/mol. The zero-order valence-corrected chi connectivity index (χ0v) is 10.2. The van der Waals surface area contributed by atoms with Crippen LogP contribution >= 0.6 is 0 Å². The molecule has 0 radical (unpaired) electrons. The first kappa shape index (κ1) is 11.5. The predicted molar refractivity (Wildman–Crippen MR) is 74.8 cm³/mol. The SMILES string of the molecule is OC=CCc1ccccc1-c1cccc2n[nH]nc12. The lowest BCUT2D eigenvalue weighted by atomic mass is 9.97. The fourth-order valence-corrected chi connectivity index (χ4v) is 2.23. The number of aliphatic hydroxyl groups excluding tert-OH is 1. The summed E-state index contributed by atoms with van der Waals surface area (Å²) in [6.07, 6.45) is 3.48. The fraction of sp³-hybridized carbons (Fsp3) is 0.0667. The Morgan fingerprint density at radius 2 is 1.84 bits per heavy atom. The first-order valence-corrected chi connectivity index (χ1v) is 6.07. The molecule has 3 rings (SSSR count). The van der Waals surface area contributed by atoms with Gasteiger partial charge in [-0.25, -0.2) is 0 Å². The van der Waals surface area contributed by atoms with Crippen molar-refractivity contribution in [3.8, 4) is 11.1 Å². The summed E-state index contributed by atoms with van der Waals surface area (Å²) in [7, 11) is 0. The van der Waals surface area contributed by atoms with Gasteiger partial charge in [-0.2, -0.15) is 15.4 Å². The van der Waals surface area contributed by atoms with Crippen molar-refractivity contribution in [2.45, 2.75) is 6.42 Å². The van der Waals surface area contributed by atoms with Gasteiger partial charge in [0.15, 0.2) is 0 Å². The number of hydrogen-bond donors (Lipinski definition) is 2. The number of aliphatic hydroxyl groups is 1. The molecule has 0 saturated heterocycles. The van der Waals surface area contributed by atoms with E-state index in [0.29, 0.717) is 6.42 Å². The topological polar surface area (TPSA) is 61.8 Å². The summed E-state index contributed by atoms with van der Waals surface area (Å²) < 4.78 is 0. The molecule has 0 fully saturated rings. The van der Waals surface area contributed by atoms with Crippen LogP contribution in [0.25, 0.3) is 22.2 Å². The highest BCUT2D eigenvalue weighted by atomic mass is 16.2. The van der Waals surface area contributed by atoms with Crippen LogP contribution in [0, 0.1) is 0 Å². The lowest BCUT2D eigenvalue weighted by Gasteiger charge is -2.08. The highest BCUT2D eigenvalue weighted by Gasteiger charge is 2.09. The summed E-state index contributed by atoms with van der Waals surface area (Å²) in [5.41, 5.74) is 5.02. The fourth-order valence-electron chi connectivity index (χ4n) is 2.23. The molecule has 0 aliphatic carbocycles. The second-order valence-electron chi connectivity index (χ2n) is 4.24. The number of para-hydroxylation sites is 1. The molecule has 0 amide bonds. The molecule has 0 spiro atoms. The standard InChI is InChI=1S/C15H13N3O/c19-10-4-6-11-5-1-2-7-12(11)13-8-3-9-14-15(13)17-18-16-14/h1-5,7-10,19H,6H2,(H,16,17,18). The molecule has 0 atom stereocenters. The van der Waals surface area contributed by atoms with Gasteiger partial charge in [-0.05, 0) is 29.7 Å². The molecule has 0 aliphatic rings. The zero-order valence-electron chi connectivity index (χ0n) is 10.2. The Morgan fingerprint density at radius 3 is 2.74 bits per heavy atom. The van der Waals surface area contributed by atoms with E-state index in [1.165, 1.54) is 0 Å². The maximum atomic E-state index is 8.82. The van der Waals surface area contributed by atoms with Gasteiger partial charge >= 0.3 is 0 Å². The van der Waals surface area contributed by atoms with Gasteiger partial charge in [0.05, 0.1) is 6.26 Å². The molecule has 4 nitrogen and oxygen atoms in total. The molecule has 1 heterocycles. The zero-order chi connectivity index (χ0) is 13.1. The Morgan fingerprint density at radius 1 is 1.00 bits per heavy atom. The number of aromatic amines is 1. The Labute approximate surface area is 110 Å². The van der Waals surface area contributed by atoms with Crippen LogP contribution in [0.3, 0.4) is 0 Å². The predicted octanol–water partition coefficient (Wildman–Crippen LogP) is 3.24. The minimum Gasteiger partial charge on any atom is -0.516 e. The van der Waals surface area contributed by atoms with Crippen molar-refractivity contribution < 1.29 is 5.11 Å². The third-order valence-electron chi connectivity index (χ3n) is 3.10. The number of nitrogens with zero attached hydrogens (tertiary/aromatic N) is 2. The van der Waals surface area contributed by atoms with E-state index in [1.54, 1.807) is 6.08 Å². The van der Waals surface area contributed by atoms with E-state index >= 15 is 0 Å². The van der Waals surface area contributed by atoms with Crippen molar-refractivity contribution in [3.63, 3.8) is 0 Å². The molecule has 0 unspecified atom stereocenters. The molecule has 1 aromatic heterocycles. The maximum absolute atomic E-state index is 8.82. The Hall–Kier alpha value is -2.62. The number of fused-ring (bicyclic) bond motifs is 1. The van der Waals surface area contributed by atoms with E-state index in [-0.39, 0.29) is 0 Å². The smallest absolute Gasteiger partial charge is 0.120 e. The van der Waals surface area contributed by atoms with E-state index in [0.717, 1.165) is 34.0 Å². The molecule has 0 saturated carbocycles. The molecule has 94 valence electrons. The van der Waals surface area contributed by atoms with Crippen LogP contribution in [0.15, 0.2) is 54.8 Å². The average Bonchev–Trinajstić information content (AvgIpc) is 2.94. The van der Waals surface area contributed by atoms with Crippen molar-refractivity contribution in [1.82, 2.24) is 15.4 Å². The summed E-state index contributed by atoms with van der Waals surface area (Å²) in [5.74, 6) is 0. The van der Waals surface area contributed by atoms with Gasteiger partial charge in [-0.1, -0.05) is 36.4 Å². The summed E-state index contributed by atoms with van der Waals surface area (Å²) in [4.78, 5) is 0. The van der Waals surface area contributed by atoms with E-state index in [9.17, 15) is 0 Å². The van der Waals surface area contributed by atoms with E-state index in [4.69, 9.17) is 5.11 Å². The lowest BCUT2D eigenvalue weighted by Crippen LogP contribution is -1.89. The monoisotopic (exact) mass is 251 g/mol. The summed E-state index contributed by atoms with van der Waals surface area (Å²) in [5, 5.41) is 19.8. The van der Waals surface area contributed by atoms with Crippen LogP contribution in [0.2, 0.25) is 0 Å². The van der Waals surface area contributed by atoms with Crippen LogP contribution < -0.4 is 0 Å².